The van der Waals surface area contributed by atoms with Crippen LogP contribution >= 0.6 is 0 Å². The number of aliphatic hydroxyl groups excluding tert-OH is 1. The van der Waals surface area contributed by atoms with E-state index in [1.807, 2.05) is 32.0 Å². The second-order valence-electron chi connectivity index (χ2n) is 3.78. The van der Waals surface area contributed by atoms with Crippen molar-refractivity contribution >= 4 is 5.91 Å². The van der Waals surface area contributed by atoms with E-state index in [9.17, 15) is 9.90 Å². The van der Waals surface area contributed by atoms with Crippen LogP contribution in [0.25, 0.3) is 0 Å². The molecule has 1 aromatic carbocycles. The van der Waals surface area contributed by atoms with Gasteiger partial charge in [-0.15, -0.1) is 0 Å². The second kappa shape index (κ2) is 4.94. The highest BCUT2D eigenvalue weighted by Crippen LogP contribution is 2.16. The molecule has 0 aliphatic rings. The van der Waals surface area contributed by atoms with E-state index >= 15 is 0 Å². The molecule has 0 spiro atoms. The fourth-order valence-corrected chi connectivity index (χ4v) is 1.46. The lowest BCUT2D eigenvalue weighted by Gasteiger charge is -2.16. The quantitative estimate of drug-likeness (QED) is 0.788. The maximum absolute atomic E-state index is 10.9. The summed E-state index contributed by atoms with van der Waals surface area (Å²) in [5.74, 6) is -0.132. The van der Waals surface area contributed by atoms with Crippen LogP contribution in [0.15, 0.2) is 18.2 Å². The molecule has 1 unspecified atom stereocenters. The minimum absolute atomic E-state index is 0.0813. The highest BCUT2D eigenvalue weighted by atomic mass is 16.3. The third kappa shape index (κ3) is 3.06. The molecule has 2 N–H and O–H groups in total. The molecular formula is C12H17NO2. The SMILES string of the molecule is CC(=O)NC(CO)c1ccc(C)c(C)c1. The molecule has 0 saturated carbocycles. The predicted octanol–water partition coefficient (Wildman–Crippen LogP) is 1.47. The molecule has 1 rings (SSSR count). The van der Waals surface area contributed by atoms with Gasteiger partial charge in [-0.2, -0.15) is 0 Å². The molecule has 0 aromatic heterocycles. The number of amides is 1. The minimum Gasteiger partial charge on any atom is -0.394 e. The van der Waals surface area contributed by atoms with Gasteiger partial charge in [0.05, 0.1) is 12.6 Å². The maximum atomic E-state index is 10.9. The van der Waals surface area contributed by atoms with Crippen molar-refractivity contribution in [3.8, 4) is 0 Å². The van der Waals surface area contributed by atoms with Crippen LogP contribution in [0.1, 0.15) is 29.7 Å². The van der Waals surface area contributed by atoms with E-state index in [1.54, 1.807) is 0 Å². The fraction of sp³-hybridized carbons (Fsp3) is 0.417. The van der Waals surface area contributed by atoms with Crippen molar-refractivity contribution in [3.63, 3.8) is 0 Å². The number of hydrogen-bond donors (Lipinski definition) is 2. The van der Waals surface area contributed by atoms with E-state index in [1.165, 1.54) is 12.5 Å². The number of hydrogen-bond acceptors (Lipinski definition) is 2. The predicted molar refractivity (Wildman–Crippen MR) is 59.6 cm³/mol. The van der Waals surface area contributed by atoms with Crippen molar-refractivity contribution in [2.75, 3.05) is 6.61 Å². The second-order valence-corrected chi connectivity index (χ2v) is 3.78. The van der Waals surface area contributed by atoms with Crippen LogP contribution < -0.4 is 5.32 Å². The zero-order valence-electron chi connectivity index (χ0n) is 9.37. The smallest absolute Gasteiger partial charge is 0.217 e. The van der Waals surface area contributed by atoms with Crippen LogP contribution in [0.4, 0.5) is 0 Å². The van der Waals surface area contributed by atoms with Gasteiger partial charge in [-0.05, 0) is 30.5 Å². The first kappa shape index (κ1) is 11.7. The first-order valence-corrected chi connectivity index (χ1v) is 4.99. The average Bonchev–Trinajstić information content (AvgIpc) is 2.18. The van der Waals surface area contributed by atoms with Crippen molar-refractivity contribution in [3.05, 3.63) is 34.9 Å². The van der Waals surface area contributed by atoms with Gasteiger partial charge >= 0.3 is 0 Å². The van der Waals surface area contributed by atoms with Gasteiger partial charge in [-0.3, -0.25) is 4.79 Å². The van der Waals surface area contributed by atoms with Gasteiger partial charge in [-0.1, -0.05) is 18.2 Å². The normalized spacial score (nSPS) is 12.3. The number of carbonyl (C=O) groups excluding carboxylic acids is 1. The topological polar surface area (TPSA) is 49.3 Å². The van der Waals surface area contributed by atoms with E-state index in [2.05, 4.69) is 5.32 Å². The maximum Gasteiger partial charge on any atom is 0.217 e. The summed E-state index contributed by atoms with van der Waals surface area (Å²) in [7, 11) is 0. The Kier molecular flexibility index (Phi) is 3.86. The van der Waals surface area contributed by atoms with E-state index in [0.717, 1.165) is 11.1 Å². The lowest BCUT2D eigenvalue weighted by atomic mass is 10.0. The van der Waals surface area contributed by atoms with E-state index in [0.29, 0.717) is 0 Å². The van der Waals surface area contributed by atoms with Gasteiger partial charge in [0, 0.05) is 6.92 Å². The largest absolute Gasteiger partial charge is 0.394 e. The van der Waals surface area contributed by atoms with Gasteiger partial charge in [0.15, 0.2) is 0 Å². The Hall–Kier alpha value is -1.35. The van der Waals surface area contributed by atoms with Crippen LogP contribution in [-0.4, -0.2) is 17.6 Å². The molecule has 15 heavy (non-hydrogen) atoms. The Balaban J connectivity index is 2.92. The molecule has 0 saturated heterocycles. The molecule has 0 aliphatic heterocycles. The first-order chi connectivity index (χ1) is 7.04. The van der Waals surface area contributed by atoms with Crippen LogP contribution in [-0.2, 0) is 4.79 Å². The molecule has 0 heterocycles. The van der Waals surface area contributed by atoms with E-state index in [4.69, 9.17) is 0 Å². The van der Waals surface area contributed by atoms with Gasteiger partial charge in [0.1, 0.15) is 0 Å². The molecule has 1 aromatic rings. The summed E-state index contributed by atoms with van der Waals surface area (Å²) in [6.07, 6.45) is 0. The number of benzene rings is 1. The fourth-order valence-electron chi connectivity index (χ4n) is 1.46. The van der Waals surface area contributed by atoms with Crippen LogP contribution in [0, 0.1) is 13.8 Å². The average molecular weight is 207 g/mol. The molecular weight excluding hydrogens is 190 g/mol. The standard InChI is InChI=1S/C12H17NO2/c1-8-4-5-11(6-9(8)2)12(7-14)13-10(3)15/h4-6,12,14H,7H2,1-3H3,(H,13,15). The van der Waals surface area contributed by atoms with Crippen molar-refractivity contribution in [2.45, 2.75) is 26.8 Å². The van der Waals surface area contributed by atoms with Gasteiger partial charge in [0.2, 0.25) is 5.91 Å². The zero-order valence-corrected chi connectivity index (χ0v) is 9.37. The van der Waals surface area contributed by atoms with Crippen molar-refractivity contribution in [1.29, 1.82) is 0 Å². The summed E-state index contributed by atoms with van der Waals surface area (Å²) in [4.78, 5) is 10.9. The molecule has 3 nitrogen and oxygen atoms in total. The van der Waals surface area contributed by atoms with Crippen molar-refractivity contribution in [2.24, 2.45) is 0 Å². The Morgan fingerprint density at radius 2 is 2.07 bits per heavy atom. The van der Waals surface area contributed by atoms with Crippen molar-refractivity contribution in [1.82, 2.24) is 5.32 Å². The number of rotatable bonds is 3. The van der Waals surface area contributed by atoms with Gasteiger partial charge in [0.25, 0.3) is 0 Å². The zero-order chi connectivity index (χ0) is 11.4. The van der Waals surface area contributed by atoms with Crippen LogP contribution in [0.2, 0.25) is 0 Å². The van der Waals surface area contributed by atoms with Crippen LogP contribution in [0.3, 0.4) is 0 Å². The summed E-state index contributed by atoms with van der Waals surface area (Å²) in [5, 5.41) is 11.9. The number of nitrogens with one attached hydrogen (secondary N) is 1. The number of aliphatic hydroxyl groups is 1. The summed E-state index contributed by atoms with van der Waals surface area (Å²) < 4.78 is 0. The summed E-state index contributed by atoms with van der Waals surface area (Å²) >= 11 is 0. The van der Waals surface area contributed by atoms with Crippen LogP contribution in [0.5, 0.6) is 0 Å². The molecule has 3 heteroatoms. The third-order valence-electron chi connectivity index (χ3n) is 2.49. The summed E-state index contributed by atoms with van der Waals surface area (Å²) in [6.45, 7) is 5.41. The Labute approximate surface area is 90.1 Å². The molecule has 1 amide bonds. The molecule has 82 valence electrons. The van der Waals surface area contributed by atoms with E-state index < -0.39 is 0 Å². The number of aryl methyl sites for hydroxylation is 2. The third-order valence-corrected chi connectivity index (χ3v) is 2.49. The molecule has 0 aliphatic carbocycles. The lowest BCUT2D eigenvalue weighted by molar-refractivity contribution is -0.120. The Morgan fingerprint density at radius 1 is 1.40 bits per heavy atom. The summed E-state index contributed by atoms with van der Waals surface area (Å²) in [6, 6.07) is 5.61. The highest BCUT2D eigenvalue weighted by molar-refractivity contribution is 5.73. The van der Waals surface area contributed by atoms with Gasteiger partial charge in [-0.25, -0.2) is 0 Å². The Morgan fingerprint density at radius 3 is 2.53 bits per heavy atom. The Bertz CT molecular complexity index is 361. The monoisotopic (exact) mass is 207 g/mol. The summed E-state index contributed by atoms with van der Waals surface area (Å²) in [5.41, 5.74) is 3.31. The lowest BCUT2D eigenvalue weighted by Crippen LogP contribution is -2.28. The first-order valence-electron chi connectivity index (χ1n) is 4.99. The highest BCUT2D eigenvalue weighted by Gasteiger charge is 2.11. The molecule has 0 radical (unpaired) electrons. The van der Waals surface area contributed by atoms with Gasteiger partial charge < -0.3 is 10.4 Å². The molecule has 0 bridgehead atoms. The van der Waals surface area contributed by atoms with Crippen molar-refractivity contribution < 1.29 is 9.90 Å². The van der Waals surface area contributed by atoms with E-state index in [-0.39, 0.29) is 18.6 Å². The molecule has 1 atom stereocenters. The molecule has 0 fully saturated rings. The minimum atomic E-state index is -0.304. The number of carbonyl (C=O) groups is 1.